The van der Waals surface area contributed by atoms with Crippen molar-refractivity contribution in [3.8, 4) is 5.75 Å². The molecule has 1 aromatic heterocycles. The van der Waals surface area contributed by atoms with Crippen molar-refractivity contribution in [2.75, 3.05) is 12.4 Å². The first-order valence-electron chi connectivity index (χ1n) is 9.23. The van der Waals surface area contributed by atoms with Crippen LogP contribution in [0.2, 0.25) is 0 Å². The first kappa shape index (κ1) is 19.4. The van der Waals surface area contributed by atoms with E-state index in [-0.39, 0.29) is 11.8 Å². The van der Waals surface area contributed by atoms with E-state index in [1.54, 1.807) is 25.3 Å². The summed E-state index contributed by atoms with van der Waals surface area (Å²) in [7, 11) is 1.58. The molecule has 1 heterocycles. The lowest BCUT2D eigenvalue weighted by molar-refractivity contribution is -0.118. The van der Waals surface area contributed by atoms with E-state index in [0.29, 0.717) is 23.7 Å². The topological polar surface area (TPSA) is 96.1 Å². The van der Waals surface area contributed by atoms with Crippen molar-refractivity contribution < 1.29 is 14.3 Å². The monoisotopic (exact) mass is 380 g/mol. The van der Waals surface area contributed by atoms with Gasteiger partial charge in [0.05, 0.1) is 18.1 Å². The van der Waals surface area contributed by atoms with Gasteiger partial charge in [-0.25, -0.2) is 4.98 Å². The van der Waals surface area contributed by atoms with E-state index in [1.807, 2.05) is 38.1 Å². The predicted molar refractivity (Wildman–Crippen MR) is 109 cm³/mol. The van der Waals surface area contributed by atoms with Crippen LogP contribution in [0.4, 0.5) is 5.95 Å². The number of carbonyl (C=O) groups is 2. The highest BCUT2D eigenvalue weighted by atomic mass is 16.5. The molecular weight excluding hydrogens is 356 g/mol. The van der Waals surface area contributed by atoms with Crippen LogP contribution in [0, 0.1) is 6.92 Å². The molecule has 0 spiro atoms. The maximum atomic E-state index is 12.7. The van der Waals surface area contributed by atoms with Crippen molar-refractivity contribution >= 4 is 28.8 Å². The number of amides is 2. The quantitative estimate of drug-likeness (QED) is 0.585. The number of nitrogens with one attached hydrogen (secondary N) is 3. The van der Waals surface area contributed by atoms with Crippen molar-refractivity contribution in [2.45, 2.75) is 32.7 Å². The normalized spacial score (nSPS) is 11.8. The molecule has 0 saturated carbocycles. The van der Waals surface area contributed by atoms with Gasteiger partial charge in [-0.1, -0.05) is 25.5 Å². The summed E-state index contributed by atoms with van der Waals surface area (Å²) in [5, 5.41) is 5.60. The number of imidazole rings is 1. The van der Waals surface area contributed by atoms with Gasteiger partial charge < -0.3 is 15.0 Å². The minimum atomic E-state index is -0.660. The van der Waals surface area contributed by atoms with Crippen molar-refractivity contribution in [1.82, 2.24) is 15.3 Å². The van der Waals surface area contributed by atoms with Gasteiger partial charge in [-0.3, -0.25) is 14.9 Å². The Bertz CT molecular complexity index is 963. The number of anilines is 1. The van der Waals surface area contributed by atoms with Gasteiger partial charge in [0.2, 0.25) is 11.9 Å². The maximum Gasteiger partial charge on any atom is 0.252 e. The average Bonchev–Trinajstić information content (AvgIpc) is 3.09. The third-order valence-corrected chi connectivity index (χ3v) is 4.51. The summed E-state index contributed by atoms with van der Waals surface area (Å²) in [6, 6.07) is 12.1. The number of H-pyrrole nitrogens is 1. The molecule has 0 unspecified atom stereocenters. The maximum absolute atomic E-state index is 12.7. The fourth-order valence-electron chi connectivity index (χ4n) is 3.03. The van der Waals surface area contributed by atoms with E-state index < -0.39 is 6.04 Å². The first-order chi connectivity index (χ1) is 13.5. The highest BCUT2D eigenvalue weighted by Crippen LogP contribution is 2.18. The lowest BCUT2D eigenvalue weighted by Crippen LogP contribution is -2.44. The zero-order chi connectivity index (χ0) is 20.1. The fraction of sp³-hybridized carbons (Fsp3) is 0.286. The Balaban J connectivity index is 1.73. The number of hydrogen-bond donors (Lipinski definition) is 3. The van der Waals surface area contributed by atoms with Crippen LogP contribution in [0.5, 0.6) is 5.75 Å². The van der Waals surface area contributed by atoms with E-state index in [0.717, 1.165) is 23.0 Å². The van der Waals surface area contributed by atoms with Crippen LogP contribution < -0.4 is 15.4 Å². The largest absolute Gasteiger partial charge is 0.497 e. The highest BCUT2D eigenvalue weighted by molar-refractivity contribution is 6.01. The van der Waals surface area contributed by atoms with Crippen LogP contribution in [-0.4, -0.2) is 34.9 Å². The molecule has 3 aromatic rings. The Morgan fingerprint density at radius 3 is 2.68 bits per heavy atom. The molecule has 146 valence electrons. The molecule has 2 aromatic carbocycles. The van der Waals surface area contributed by atoms with Crippen molar-refractivity contribution in [1.29, 1.82) is 0 Å². The van der Waals surface area contributed by atoms with E-state index in [4.69, 9.17) is 4.74 Å². The van der Waals surface area contributed by atoms with E-state index in [9.17, 15) is 9.59 Å². The Kier molecular flexibility index (Phi) is 5.93. The summed E-state index contributed by atoms with van der Waals surface area (Å²) in [6.07, 6.45) is 1.27. The standard InChI is InChI=1S/C21H24N4O3/c1-4-7-18(22-19(26)15-11-10-14(28-3)12-13(15)2)20(27)25-21-23-16-8-5-6-9-17(16)24-21/h5-6,8-12,18H,4,7H2,1-3H3,(H,22,26)(H2,23,24,25,27)/t18-/m1/s1. The van der Waals surface area contributed by atoms with Gasteiger partial charge in [-0.05, 0) is 49.2 Å². The molecule has 0 bridgehead atoms. The van der Waals surface area contributed by atoms with Crippen LogP contribution in [0.3, 0.4) is 0 Å². The fourth-order valence-corrected chi connectivity index (χ4v) is 3.03. The molecule has 0 radical (unpaired) electrons. The van der Waals surface area contributed by atoms with Gasteiger partial charge in [0, 0.05) is 5.56 Å². The number of para-hydroxylation sites is 2. The van der Waals surface area contributed by atoms with Gasteiger partial charge in [0.1, 0.15) is 11.8 Å². The van der Waals surface area contributed by atoms with Gasteiger partial charge in [0.15, 0.2) is 0 Å². The molecule has 0 saturated heterocycles. The Hall–Kier alpha value is -3.35. The van der Waals surface area contributed by atoms with Gasteiger partial charge >= 0.3 is 0 Å². The van der Waals surface area contributed by atoms with Crippen molar-refractivity contribution in [2.24, 2.45) is 0 Å². The Labute approximate surface area is 163 Å². The van der Waals surface area contributed by atoms with E-state index >= 15 is 0 Å². The Morgan fingerprint density at radius 2 is 2.00 bits per heavy atom. The minimum Gasteiger partial charge on any atom is -0.497 e. The SMILES string of the molecule is CCC[C@@H](NC(=O)c1ccc(OC)cc1C)C(=O)Nc1nc2ccccc2[nH]1. The summed E-state index contributed by atoms with van der Waals surface area (Å²) in [5.74, 6) is 0.447. The summed E-state index contributed by atoms with van der Waals surface area (Å²) in [4.78, 5) is 32.8. The third-order valence-electron chi connectivity index (χ3n) is 4.51. The molecule has 3 rings (SSSR count). The summed E-state index contributed by atoms with van der Waals surface area (Å²) in [6.45, 7) is 3.80. The average molecular weight is 380 g/mol. The smallest absolute Gasteiger partial charge is 0.252 e. The molecule has 0 fully saturated rings. The molecule has 0 aliphatic heterocycles. The molecule has 0 aliphatic rings. The number of methoxy groups -OCH3 is 1. The predicted octanol–water partition coefficient (Wildman–Crippen LogP) is 3.42. The molecule has 1 atom stereocenters. The number of benzene rings is 2. The number of aryl methyl sites for hydroxylation is 1. The molecule has 7 nitrogen and oxygen atoms in total. The highest BCUT2D eigenvalue weighted by Gasteiger charge is 2.22. The number of hydrogen-bond acceptors (Lipinski definition) is 4. The van der Waals surface area contributed by atoms with Crippen LogP contribution in [0.15, 0.2) is 42.5 Å². The Morgan fingerprint density at radius 1 is 1.21 bits per heavy atom. The third kappa shape index (κ3) is 4.31. The van der Waals surface area contributed by atoms with Crippen LogP contribution in [0.1, 0.15) is 35.7 Å². The molecule has 28 heavy (non-hydrogen) atoms. The molecular formula is C21H24N4O3. The number of aromatic amines is 1. The molecule has 0 aliphatic carbocycles. The number of fused-ring (bicyclic) bond motifs is 1. The number of ether oxygens (including phenoxy) is 1. The minimum absolute atomic E-state index is 0.293. The lowest BCUT2D eigenvalue weighted by Gasteiger charge is -2.18. The molecule has 7 heteroatoms. The van der Waals surface area contributed by atoms with Crippen LogP contribution >= 0.6 is 0 Å². The zero-order valence-corrected chi connectivity index (χ0v) is 16.2. The first-order valence-corrected chi connectivity index (χ1v) is 9.23. The van der Waals surface area contributed by atoms with Gasteiger partial charge in [-0.2, -0.15) is 0 Å². The van der Waals surface area contributed by atoms with Crippen molar-refractivity contribution in [3.05, 3.63) is 53.6 Å². The van der Waals surface area contributed by atoms with E-state index in [1.165, 1.54) is 0 Å². The lowest BCUT2D eigenvalue weighted by atomic mass is 10.1. The second-order valence-corrected chi connectivity index (χ2v) is 6.59. The molecule has 2 amide bonds. The van der Waals surface area contributed by atoms with Crippen molar-refractivity contribution in [3.63, 3.8) is 0 Å². The molecule has 3 N–H and O–H groups in total. The summed E-state index contributed by atoms with van der Waals surface area (Å²) >= 11 is 0. The second-order valence-electron chi connectivity index (χ2n) is 6.59. The number of aromatic nitrogens is 2. The van der Waals surface area contributed by atoms with Crippen LogP contribution in [0.25, 0.3) is 11.0 Å². The van der Waals surface area contributed by atoms with Gasteiger partial charge in [0.25, 0.3) is 5.91 Å². The number of carbonyl (C=O) groups excluding carboxylic acids is 2. The van der Waals surface area contributed by atoms with Crippen LogP contribution in [-0.2, 0) is 4.79 Å². The second kappa shape index (κ2) is 8.56. The zero-order valence-electron chi connectivity index (χ0n) is 16.2. The number of rotatable bonds is 7. The summed E-state index contributed by atoms with van der Waals surface area (Å²) < 4.78 is 5.17. The number of nitrogens with zero attached hydrogens (tertiary/aromatic N) is 1. The van der Waals surface area contributed by atoms with Gasteiger partial charge in [-0.15, -0.1) is 0 Å². The van der Waals surface area contributed by atoms with E-state index in [2.05, 4.69) is 20.6 Å². The summed E-state index contributed by atoms with van der Waals surface area (Å²) in [5.41, 5.74) is 2.90.